The van der Waals surface area contributed by atoms with Crippen LogP contribution < -0.4 is 10.1 Å². The molecule has 0 bridgehead atoms. The molecule has 0 aliphatic carbocycles. The molecule has 0 saturated carbocycles. The van der Waals surface area contributed by atoms with Gasteiger partial charge >= 0.3 is 0 Å². The third kappa shape index (κ3) is 4.17. The summed E-state index contributed by atoms with van der Waals surface area (Å²) in [7, 11) is 0. The minimum Gasteiger partial charge on any atom is -0.483 e. The molecule has 0 saturated heterocycles. The fourth-order valence-electron chi connectivity index (χ4n) is 2.59. The molecule has 3 aromatic carbocycles. The van der Waals surface area contributed by atoms with Crippen molar-refractivity contribution in [2.45, 2.75) is 13.0 Å². The van der Waals surface area contributed by atoms with Crippen molar-refractivity contribution in [1.82, 2.24) is 5.32 Å². The molecule has 0 spiro atoms. The zero-order valence-electron chi connectivity index (χ0n) is 13.6. The lowest BCUT2D eigenvalue weighted by atomic mass is 10.1. The molecule has 0 aromatic heterocycles. The first-order valence-corrected chi connectivity index (χ1v) is 8.69. The molecule has 3 aromatic rings. The van der Waals surface area contributed by atoms with E-state index in [0.29, 0.717) is 5.75 Å². The highest BCUT2D eigenvalue weighted by molar-refractivity contribution is 9.10. The van der Waals surface area contributed by atoms with Gasteiger partial charge in [-0.25, -0.2) is 4.39 Å². The number of halogens is 2. The molecule has 1 amide bonds. The van der Waals surface area contributed by atoms with Crippen LogP contribution in [0, 0.1) is 5.82 Å². The smallest absolute Gasteiger partial charge is 0.258 e. The fraction of sp³-hybridized carbons (Fsp3) is 0.150. The molecule has 1 N–H and O–H groups in total. The summed E-state index contributed by atoms with van der Waals surface area (Å²) in [5.41, 5.74) is 0.835. The Balaban J connectivity index is 1.62. The van der Waals surface area contributed by atoms with Crippen LogP contribution in [0.5, 0.6) is 5.75 Å². The van der Waals surface area contributed by atoms with Gasteiger partial charge in [0, 0.05) is 0 Å². The molecule has 128 valence electrons. The molecule has 0 heterocycles. The Kier molecular flexibility index (Phi) is 5.34. The number of ether oxygens (including phenoxy) is 1. The van der Waals surface area contributed by atoms with Crippen molar-refractivity contribution in [2.75, 3.05) is 6.61 Å². The minimum absolute atomic E-state index is 0.0948. The van der Waals surface area contributed by atoms with Gasteiger partial charge in [-0.05, 0) is 57.4 Å². The Labute approximate surface area is 153 Å². The summed E-state index contributed by atoms with van der Waals surface area (Å²) in [4.78, 5) is 12.1. The Bertz CT molecular complexity index is 896. The van der Waals surface area contributed by atoms with Crippen LogP contribution in [0.4, 0.5) is 4.39 Å². The normalized spacial score (nSPS) is 12.0. The van der Waals surface area contributed by atoms with Gasteiger partial charge in [0.15, 0.2) is 6.61 Å². The largest absolute Gasteiger partial charge is 0.483 e. The number of nitrogens with one attached hydrogen (secondary N) is 1. The summed E-state index contributed by atoms with van der Waals surface area (Å²) >= 11 is 3.53. The van der Waals surface area contributed by atoms with Crippen LogP contribution >= 0.6 is 15.9 Å². The molecule has 0 aliphatic heterocycles. The molecular weight excluding hydrogens is 385 g/mol. The maximum Gasteiger partial charge on any atom is 0.258 e. The van der Waals surface area contributed by atoms with E-state index in [-0.39, 0.29) is 24.4 Å². The van der Waals surface area contributed by atoms with Crippen LogP contribution in [0.1, 0.15) is 18.5 Å². The number of amides is 1. The van der Waals surface area contributed by atoms with Crippen molar-refractivity contribution in [3.63, 3.8) is 0 Å². The number of benzene rings is 3. The van der Waals surface area contributed by atoms with E-state index in [2.05, 4.69) is 21.2 Å². The number of carbonyl (C=O) groups excluding carboxylic acids is 1. The molecule has 0 aliphatic rings. The van der Waals surface area contributed by atoms with Gasteiger partial charge in [-0.1, -0.05) is 42.5 Å². The summed E-state index contributed by atoms with van der Waals surface area (Å²) in [5.74, 6) is 0.0759. The van der Waals surface area contributed by atoms with E-state index in [1.807, 2.05) is 43.3 Å². The molecule has 1 atom stereocenters. The van der Waals surface area contributed by atoms with Crippen LogP contribution in [0.2, 0.25) is 0 Å². The second-order valence-corrected chi connectivity index (χ2v) is 6.52. The lowest BCUT2D eigenvalue weighted by Gasteiger charge is -2.15. The van der Waals surface area contributed by atoms with Crippen molar-refractivity contribution in [3.05, 3.63) is 76.5 Å². The quantitative estimate of drug-likeness (QED) is 0.653. The van der Waals surface area contributed by atoms with Crippen molar-refractivity contribution in [1.29, 1.82) is 0 Å². The van der Waals surface area contributed by atoms with Gasteiger partial charge in [-0.3, -0.25) is 4.79 Å². The third-order valence-corrected chi connectivity index (χ3v) is 4.75. The second kappa shape index (κ2) is 7.66. The fourth-order valence-corrected chi connectivity index (χ4v) is 3.19. The van der Waals surface area contributed by atoms with Gasteiger partial charge in [0.25, 0.3) is 5.91 Å². The Morgan fingerprint density at radius 2 is 1.84 bits per heavy atom. The van der Waals surface area contributed by atoms with E-state index in [9.17, 15) is 9.18 Å². The molecule has 0 unspecified atom stereocenters. The first-order chi connectivity index (χ1) is 12.0. The molecule has 25 heavy (non-hydrogen) atoms. The first-order valence-electron chi connectivity index (χ1n) is 7.89. The molecule has 5 heteroatoms. The standard InChI is InChI=1S/C20H17BrFNO2/c1-13(14-6-9-16(22)10-7-14)23-19(24)12-25-18-11-8-15-4-2-3-5-17(15)20(18)21/h2-11,13H,12H2,1H3,(H,23,24)/t13-/m0/s1. The maximum absolute atomic E-state index is 13.0. The van der Waals surface area contributed by atoms with E-state index in [1.54, 1.807) is 12.1 Å². The highest BCUT2D eigenvalue weighted by atomic mass is 79.9. The van der Waals surface area contributed by atoms with Crippen molar-refractivity contribution >= 4 is 32.6 Å². The Hall–Kier alpha value is -2.40. The van der Waals surface area contributed by atoms with E-state index in [1.165, 1.54) is 12.1 Å². The van der Waals surface area contributed by atoms with Crippen molar-refractivity contribution in [2.24, 2.45) is 0 Å². The summed E-state index contributed by atoms with van der Waals surface area (Å²) in [6.07, 6.45) is 0. The van der Waals surface area contributed by atoms with Crippen LogP contribution in [0.3, 0.4) is 0 Å². The predicted molar refractivity (Wildman–Crippen MR) is 100 cm³/mol. The highest BCUT2D eigenvalue weighted by Gasteiger charge is 2.12. The van der Waals surface area contributed by atoms with Crippen LogP contribution in [-0.2, 0) is 4.79 Å². The van der Waals surface area contributed by atoms with Gasteiger partial charge in [-0.2, -0.15) is 0 Å². The molecular formula is C20H17BrFNO2. The molecule has 3 nitrogen and oxygen atoms in total. The zero-order valence-corrected chi connectivity index (χ0v) is 15.2. The zero-order chi connectivity index (χ0) is 17.8. The van der Waals surface area contributed by atoms with Gasteiger partial charge < -0.3 is 10.1 Å². The Morgan fingerprint density at radius 3 is 2.60 bits per heavy atom. The van der Waals surface area contributed by atoms with E-state index >= 15 is 0 Å². The van der Waals surface area contributed by atoms with Gasteiger partial charge in [-0.15, -0.1) is 0 Å². The number of rotatable bonds is 5. The first kappa shape index (κ1) is 17.4. The Morgan fingerprint density at radius 1 is 1.12 bits per heavy atom. The average molecular weight is 402 g/mol. The summed E-state index contributed by atoms with van der Waals surface area (Å²) in [6, 6.07) is 17.6. The highest BCUT2D eigenvalue weighted by Crippen LogP contribution is 2.32. The average Bonchev–Trinajstić information content (AvgIpc) is 2.62. The summed E-state index contributed by atoms with van der Waals surface area (Å²) in [5, 5.41) is 4.96. The van der Waals surface area contributed by atoms with E-state index in [4.69, 9.17) is 4.74 Å². The van der Waals surface area contributed by atoms with Gasteiger partial charge in [0.05, 0.1) is 10.5 Å². The summed E-state index contributed by atoms with van der Waals surface area (Å²) in [6.45, 7) is 1.75. The van der Waals surface area contributed by atoms with Crippen molar-refractivity contribution in [3.8, 4) is 5.75 Å². The lowest BCUT2D eigenvalue weighted by molar-refractivity contribution is -0.123. The van der Waals surface area contributed by atoms with E-state index < -0.39 is 0 Å². The molecule has 0 radical (unpaired) electrons. The van der Waals surface area contributed by atoms with Gasteiger partial charge in [0.1, 0.15) is 11.6 Å². The number of hydrogen-bond acceptors (Lipinski definition) is 2. The summed E-state index contributed by atoms with van der Waals surface area (Å²) < 4.78 is 19.4. The van der Waals surface area contributed by atoms with Crippen LogP contribution in [0.15, 0.2) is 65.1 Å². The third-order valence-electron chi connectivity index (χ3n) is 3.93. The topological polar surface area (TPSA) is 38.3 Å². The van der Waals surface area contributed by atoms with Crippen LogP contribution in [0.25, 0.3) is 10.8 Å². The number of hydrogen-bond donors (Lipinski definition) is 1. The molecule has 0 fully saturated rings. The number of carbonyl (C=O) groups is 1. The predicted octanol–water partition coefficient (Wildman–Crippen LogP) is 5.00. The van der Waals surface area contributed by atoms with Crippen LogP contribution in [-0.4, -0.2) is 12.5 Å². The SMILES string of the molecule is C[C@H](NC(=O)COc1ccc2ccccc2c1Br)c1ccc(F)cc1. The molecule has 3 rings (SSSR count). The van der Waals surface area contributed by atoms with Gasteiger partial charge in [0.2, 0.25) is 0 Å². The lowest BCUT2D eigenvalue weighted by Crippen LogP contribution is -2.31. The van der Waals surface area contributed by atoms with Crippen molar-refractivity contribution < 1.29 is 13.9 Å². The van der Waals surface area contributed by atoms with E-state index in [0.717, 1.165) is 20.8 Å². The minimum atomic E-state index is -0.299. The maximum atomic E-state index is 13.0. The monoisotopic (exact) mass is 401 g/mol. The second-order valence-electron chi connectivity index (χ2n) is 5.73. The number of fused-ring (bicyclic) bond motifs is 1.